The third-order valence-electron chi connectivity index (χ3n) is 4.46. The molecule has 0 aromatic carbocycles. The maximum Gasteiger partial charge on any atom is 0.350 e. The SMILES string of the molecule is CCOC(=O)c1sc(N2C(=O)C(O)=C(C(=O)c3ccco3)[C@@H]2c2cccs2)nc1C. The van der Waals surface area contributed by atoms with Crippen LogP contribution in [0.3, 0.4) is 0 Å². The molecule has 0 bridgehead atoms. The van der Waals surface area contributed by atoms with Crippen LogP contribution in [-0.4, -0.2) is 34.4 Å². The highest BCUT2D eigenvalue weighted by molar-refractivity contribution is 7.17. The molecule has 1 amide bonds. The van der Waals surface area contributed by atoms with Gasteiger partial charge in [0, 0.05) is 4.88 Å². The number of aliphatic hydroxyl groups excluding tert-OH is 1. The Morgan fingerprint density at radius 3 is 2.77 bits per heavy atom. The lowest BCUT2D eigenvalue weighted by atomic mass is 10.0. The van der Waals surface area contributed by atoms with Gasteiger partial charge in [0.15, 0.2) is 16.7 Å². The molecule has 3 aromatic rings. The number of Topliss-reactive ketones (excluding diaryl/α,β-unsaturated/α-hetero) is 1. The van der Waals surface area contributed by atoms with Crippen LogP contribution in [0, 0.1) is 6.92 Å². The molecule has 30 heavy (non-hydrogen) atoms. The number of carbonyl (C=O) groups excluding carboxylic acids is 3. The van der Waals surface area contributed by atoms with Crippen molar-refractivity contribution in [2.75, 3.05) is 11.5 Å². The highest BCUT2D eigenvalue weighted by atomic mass is 32.1. The molecule has 154 valence electrons. The van der Waals surface area contributed by atoms with Gasteiger partial charge in [-0.2, -0.15) is 0 Å². The van der Waals surface area contributed by atoms with E-state index in [0.29, 0.717) is 10.6 Å². The zero-order valence-electron chi connectivity index (χ0n) is 15.9. The Balaban J connectivity index is 1.81. The Bertz CT molecular complexity index is 1140. The van der Waals surface area contributed by atoms with E-state index in [4.69, 9.17) is 9.15 Å². The fourth-order valence-electron chi connectivity index (χ4n) is 3.16. The minimum absolute atomic E-state index is 0.00953. The number of furan rings is 1. The molecule has 0 spiro atoms. The van der Waals surface area contributed by atoms with E-state index in [9.17, 15) is 19.5 Å². The summed E-state index contributed by atoms with van der Waals surface area (Å²) < 4.78 is 10.2. The molecule has 0 unspecified atom stereocenters. The number of ether oxygens (including phenoxy) is 1. The predicted octanol–water partition coefficient (Wildman–Crippen LogP) is 4.07. The molecule has 4 rings (SSSR count). The highest BCUT2D eigenvalue weighted by Crippen LogP contribution is 2.44. The van der Waals surface area contributed by atoms with Crippen molar-refractivity contribution in [1.29, 1.82) is 0 Å². The molecule has 0 fully saturated rings. The summed E-state index contributed by atoms with van der Waals surface area (Å²) in [6.07, 6.45) is 1.34. The number of aromatic nitrogens is 1. The molecular weight excluding hydrogens is 428 g/mol. The predicted molar refractivity (Wildman–Crippen MR) is 110 cm³/mol. The molecule has 0 saturated carbocycles. The zero-order valence-corrected chi connectivity index (χ0v) is 17.6. The Labute approximate surface area is 179 Å². The standard InChI is InChI=1S/C20H16N2O6S2/c1-3-27-19(26)17-10(2)21-20(30-17)22-14(12-7-5-9-29-12)13(16(24)18(22)25)15(23)11-6-4-8-28-11/h4-9,14,24H,3H2,1-2H3/t14-/m0/s1. The van der Waals surface area contributed by atoms with Gasteiger partial charge in [-0.15, -0.1) is 11.3 Å². The molecule has 1 N–H and O–H groups in total. The molecule has 10 heteroatoms. The van der Waals surface area contributed by atoms with Gasteiger partial charge in [0.05, 0.1) is 24.1 Å². The molecule has 8 nitrogen and oxygen atoms in total. The van der Waals surface area contributed by atoms with Crippen LogP contribution in [0.15, 0.2) is 51.7 Å². The number of thiophene rings is 1. The van der Waals surface area contributed by atoms with Crippen LogP contribution in [0.2, 0.25) is 0 Å². The molecule has 1 aliphatic heterocycles. The third-order valence-corrected chi connectivity index (χ3v) is 6.52. The van der Waals surface area contributed by atoms with Crippen LogP contribution in [0.5, 0.6) is 0 Å². The number of ketones is 1. The number of rotatable bonds is 6. The van der Waals surface area contributed by atoms with Gasteiger partial charge in [0.2, 0.25) is 5.78 Å². The Hall–Kier alpha value is -3.24. The summed E-state index contributed by atoms with van der Waals surface area (Å²) in [7, 11) is 0. The average Bonchev–Trinajstić information content (AvgIpc) is 3.50. The topological polar surface area (TPSA) is 110 Å². The first-order chi connectivity index (χ1) is 14.4. The maximum atomic E-state index is 13.0. The van der Waals surface area contributed by atoms with E-state index in [1.165, 1.54) is 28.6 Å². The van der Waals surface area contributed by atoms with Crippen molar-refractivity contribution in [3.8, 4) is 0 Å². The van der Waals surface area contributed by atoms with E-state index in [0.717, 1.165) is 11.3 Å². The second kappa shape index (κ2) is 7.88. The number of aliphatic hydroxyl groups is 1. The number of hydrogen-bond donors (Lipinski definition) is 1. The summed E-state index contributed by atoms with van der Waals surface area (Å²) in [4.78, 5) is 44.7. The van der Waals surface area contributed by atoms with Crippen molar-refractivity contribution in [1.82, 2.24) is 4.98 Å². The minimum atomic E-state index is -0.893. The van der Waals surface area contributed by atoms with E-state index >= 15 is 0 Å². The van der Waals surface area contributed by atoms with Gasteiger partial charge >= 0.3 is 5.97 Å². The maximum absolute atomic E-state index is 13.0. The van der Waals surface area contributed by atoms with Gasteiger partial charge in [-0.1, -0.05) is 17.4 Å². The number of carbonyl (C=O) groups is 3. The number of esters is 1. The highest BCUT2D eigenvalue weighted by Gasteiger charge is 2.47. The summed E-state index contributed by atoms with van der Waals surface area (Å²) in [6.45, 7) is 3.53. The average molecular weight is 444 g/mol. The number of aryl methyl sites for hydroxylation is 1. The van der Waals surface area contributed by atoms with Crippen LogP contribution in [0.25, 0.3) is 0 Å². The quantitative estimate of drug-likeness (QED) is 0.451. The molecule has 4 heterocycles. The molecule has 3 aromatic heterocycles. The molecule has 0 radical (unpaired) electrons. The van der Waals surface area contributed by atoms with Crippen LogP contribution in [-0.2, 0) is 9.53 Å². The first kappa shape index (κ1) is 20.0. The van der Waals surface area contributed by atoms with Crippen LogP contribution in [0.4, 0.5) is 5.13 Å². The van der Waals surface area contributed by atoms with Gasteiger partial charge in [0.1, 0.15) is 10.9 Å². The molecule has 0 aliphatic carbocycles. The number of hydrogen-bond acceptors (Lipinski definition) is 9. The number of anilines is 1. The number of thiazole rings is 1. The fourth-order valence-corrected chi connectivity index (χ4v) is 4.97. The Morgan fingerprint density at radius 2 is 2.13 bits per heavy atom. The van der Waals surface area contributed by atoms with E-state index in [2.05, 4.69) is 4.98 Å². The van der Waals surface area contributed by atoms with Gasteiger partial charge in [-0.25, -0.2) is 9.78 Å². The smallest absolute Gasteiger partial charge is 0.350 e. The summed E-state index contributed by atoms with van der Waals surface area (Å²) in [5.41, 5.74) is 0.305. The lowest BCUT2D eigenvalue weighted by molar-refractivity contribution is -0.117. The van der Waals surface area contributed by atoms with Gasteiger partial charge < -0.3 is 14.3 Å². The summed E-state index contributed by atoms with van der Waals surface area (Å²) in [6, 6.07) is 5.67. The molecule has 1 aliphatic rings. The minimum Gasteiger partial charge on any atom is -0.503 e. The monoisotopic (exact) mass is 444 g/mol. The Morgan fingerprint density at radius 1 is 1.33 bits per heavy atom. The number of nitrogens with zero attached hydrogens (tertiary/aromatic N) is 2. The van der Waals surface area contributed by atoms with Gasteiger partial charge in [-0.3, -0.25) is 14.5 Å². The van der Waals surface area contributed by atoms with Crippen molar-refractivity contribution in [3.05, 3.63) is 68.4 Å². The van der Waals surface area contributed by atoms with E-state index in [1.807, 2.05) is 0 Å². The second-order valence-corrected chi connectivity index (χ2v) is 8.25. The van der Waals surface area contributed by atoms with Gasteiger partial charge in [-0.05, 0) is 37.4 Å². The molecule has 0 saturated heterocycles. The van der Waals surface area contributed by atoms with Crippen molar-refractivity contribution in [2.24, 2.45) is 0 Å². The fraction of sp³-hybridized carbons (Fsp3) is 0.200. The molecule has 1 atom stereocenters. The lowest BCUT2D eigenvalue weighted by Gasteiger charge is -2.22. The van der Waals surface area contributed by atoms with Gasteiger partial charge in [0.25, 0.3) is 5.91 Å². The van der Waals surface area contributed by atoms with E-state index in [-0.39, 0.29) is 27.9 Å². The van der Waals surface area contributed by atoms with E-state index < -0.39 is 29.5 Å². The largest absolute Gasteiger partial charge is 0.503 e. The summed E-state index contributed by atoms with van der Waals surface area (Å²) >= 11 is 2.30. The third kappa shape index (κ3) is 3.23. The van der Waals surface area contributed by atoms with Crippen LogP contribution >= 0.6 is 22.7 Å². The van der Waals surface area contributed by atoms with Crippen molar-refractivity contribution in [3.63, 3.8) is 0 Å². The van der Waals surface area contributed by atoms with Crippen LogP contribution < -0.4 is 4.90 Å². The summed E-state index contributed by atoms with van der Waals surface area (Å²) in [5.74, 6) is -2.56. The normalized spacial score (nSPS) is 16.4. The second-order valence-electron chi connectivity index (χ2n) is 6.29. The van der Waals surface area contributed by atoms with Crippen molar-refractivity contribution in [2.45, 2.75) is 19.9 Å². The van der Waals surface area contributed by atoms with Crippen molar-refractivity contribution >= 4 is 45.5 Å². The first-order valence-corrected chi connectivity index (χ1v) is 10.7. The first-order valence-electron chi connectivity index (χ1n) is 8.96. The Kier molecular flexibility index (Phi) is 5.27. The van der Waals surface area contributed by atoms with Crippen molar-refractivity contribution < 1.29 is 28.6 Å². The summed E-state index contributed by atoms with van der Waals surface area (Å²) in [5, 5.41) is 12.6. The number of amides is 1. The zero-order chi connectivity index (χ0) is 21.4. The van der Waals surface area contributed by atoms with E-state index in [1.54, 1.807) is 37.4 Å². The lowest BCUT2D eigenvalue weighted by Crippen LogP contribution is -2.30. The van der Waals surface area contributed by atoms with Crippen LogP contribution in [0.1, 0.15) is 43.8 Å². The molecular formula is C20H16N2O6S2.